The van der Waals surface area contributed by atoms with E-state index in [9.17, 15) is 19.2 Å². The summed E-state index contributed by atoms with van der Waals surface area (Å²) in [7, 11) is 0. The fraction of sp³-hybridized carbons (Fsp3) is 0.588. The van der Waals surface area contributed by atoms with Gasteiger partial charge >= 0.3 is 0 Å². The van der Waals surface area contributed by atoms with Crippen LogP contribution < -0.4 is 11.1 Å². The summed E-state index contributed by atoms with van der Waals surface area (Å²) >= 11 is 1.48. The maximum Gasteiger partial charge on any atom is 0.234 e. The normalized spacial score (nSPS) is 23.0. The van der Waals surface area contributed by atoms with Crippen molar-refractivity contribution in [3.8, 4) is 6.07 Å². The Morgan fingerprint density at radius 2 is 2.16 bits per heavy atom. The van der Waals surface area contributed by atoms with Gasteiger partial charge in [-0.1, -0.05) is 0 Å². The van der Waals surface area contributed by atoms with Crippen LogP contribution in [0.3, 0.4) is 0 Å². The number of likely N-dealkylation sites (tertiary alicyclic amines) is 1. The molecule has 1 aromatic heterocycles. The lowest BCUT2D eigenvalue weighted by Gasteiger charge is -2.20. The van der Waals surface area contributed by atoms with Crippen molar-refractivity contribution in [1.29, 1.82) is 5.26 Å². The summed E-state index contributed by atoms with van der Waals surface area (Å²) in [5.74, 6) is -0.793. The Labute approximate surface area is 149 Å². The molecule has 3 rings (SSSR count). The summed E-state index contributed by atoms with van der Waals surface area (Å²) in [5, 5.41) is 12.8. The number of amides is 2. The highest BCUT2D eigenvalue weighted by atomic mass is 32.1. The lowest BCUT2D eigenvalue weighted by atomic mass is 9.96. The molecule has 1 fully saturated rings. The van der Waals surface area contributed by atoms with E-state index in [4.69, 9.17) is 5.73 Å². The quantitative estimate of drug-likeness (QED) is 0.831. The number of halogens is 1. The Hall–Kier alpha value is -1.98. The monoisotopic (exact) mass is 364 g/mol. The number of hydrogen-bond acceptors (Lipinski definition) is 5. The highest BCUT2D eigenvalue weighted by Crippen LogP contribution is 2.37. The number of nitrogens with one attached hydrogen (secondary N) is 1. The van der Waals surface area contributed by atoms with Crippen LogP contribution in [0.2, 0.25) is 0 Å². The number of carbonyl (C=O) groups excluding carboxylic acids is 2. The van der Waals surface area contributed by atoms with Gasteiger partial charge in [0, 0.05) is 30.8 Å². The van der Waals surface area contributed by atoms with Gasteiger partial charge in [0.15, 0.2) is 0 Å². The van der Waals surface area contributed by atoms with Gasteiger partial charge in [-0.05, 0) is 31.2 Å². The van der Waals surface area contributed by atoms with Crippen LogP contribution in [0.1, 0.15) is 41.7 Å². The molecule has 0 bridgehead atoms. The topological polar surface area (TPSA) is 99.2 Å². The van der Waals surface area contributed by atoms with E-state index < -0.39 is 18.1 Å². The Morgan fingerprint density at radius 1 is 1.40 bits per heavy atom. The molecule has 0 unspecified atom stereocenters. The fourth-order valence-corrected chi connectivity index (χ4v) is 4.85. The molecule has 134 valence electrons. The number of nitriles is 1. The fourth-order valence-electron chi connectivity index (χ4n) is 3.60. The third-order valence-corrected chi connectivity index (χ3v) is 6.05. The number of alkyl halides is 1. The number of carbonyl (C=O) groups is 2. The molecule has 3 N–H and O–H groups in total. The molecule has 1 aliphatic carbocycles. The van der Waals surface area contributed by atoms with Crippen LogP contribution in [-0.4, -0.2) is 42.0 Å². The zero-order valence-electron chi connectivity index (χ0n) is 13.9. The van der Waals surface area contributed by atoms with Gasteiger partial charge in [0.25, 0.3) is 0 Å². The average molecular weight is 364 g/mol. The summed E-state index contributed by atoms with van der Waals surface area (Å²) in [6.07, 6.45) is 3.15. The molecule has 6 nitrogen and oxygen atoms in total. The van der Waals surface area contributed by atoms with Gasteiger partial charge in [-0.15, -0.1) is 11.3 Å². The SMILES string of the molecule is N#Cc1c(NC(=O)CCN2C[C@H](F)C[C@H]2C(N)=O)sc2c1CCCC2. The van der Waals surface area contributed by atoms with Crippen molar-refractivity contribution in [2.24, 2.45) is 5.73 Å². The molecular formula is C17H21FN4O2S. The van der Waals surface area contributed by atoms with E-state index in [-0.39, 0.29) is 31.8 Å². The molecular weight excluding hydrogens is 343 g/mol. The molecule has 0 saturated carbocycles. The minimum absolute atomic E-state index is 0.0905. The van der Waals surface area contributed by atoms with Crippen molar-refractivity contribution < 1.29 is 14.0 Å². The standard InChI is InChI=1S/C17H21FN4O2S/c18-10-7-13(16(20)24)22(9-10)6-5-15(23)21-17-12(8-19)11-3-1-2-4-14(11)25-17/h10,13H,1-7,9H2,(H2,20,24)(H,21,23)/t10-,13+/m1/s1. The van der Waals surface area contributed by atoms with Gasteiger partial charge in [0.05, 0.1) is 11.6 Å². The van der Waals surface area contributed by atoms with Gasteiger partial charge in [-0.2, -0.15) is 5.26 Å². The maximum atomic E-state index is 13.5. The van der Waals surface area contributed by atoms with E-state index in [1.165, 1.54) is 16.2 Å². The molecule has 2 heterocycles. The number of aryl methyl sites for hydroxylation is 1. The van der Waals surface area contributed by atoms with Gasteiger partial charge in [-0.25, -0.2) is 4.39 Å². The third-order valence-electron chi connectivity index (χ3n) is 4.84. The van der Waals surface area contributed by atoms with E-state index in [1.807, 2.05) is 0 Å². The van der Waals surface area contributed by atoms with Crippen molar-refractivity contribution in [3.63, 3.8) is 0 Å². The molecule has 1 aromatic rings. The molecule has 8 heteroatoms. The largest absolute Gasteiger partial charge is 0.368 e. The van der Waals surface area contributed by atoms with Crippen LogP contribution >= 0.6 is 11.3 Å². The first-order valence-electron chi connectivity index (χ1n) is 8.51. The van der Waals surface area contributed by atoms with Crippen molar-refractivity contribution in [1.82, 2.24) is 4.90 Å². The number of nitrogens with two attached hydrogens (primary N) is 1. The van der Waals surface area contributed by atoms with Crippen molar-refractivity contribution >= 4 is 28.2 Å². The van der Waals surface area contributed by atoms with Gasteiger partial charge in [0.1, 0.15) is 17.2 Å². The second kappa shape index (κ2) is 7.50. The highest BCUT2D eigenvalue weighted by Gasteiger charge is 2.35. The molecule has 2 amide bonds. The van der Waals surface area contributed by atoms with Crippen LogP contribution in [-0.2, 0) is 22.4 Å². The second-order valence-corrected chi connectivity index (χ2v) is 7.68. The third kappa shape index (κ3) is 3.83. The Morgan fingerprint density at radius 3 is 2.88 bits per heavy atom. The molecule has 0 aromatic carbocycles. The first-order valence-corrected chi connectivity index (χ1v) is 9.33. The molecule has 25 heavy (non-hydrogen) atoms. The number of rotatable bonds is 5. The second-order valence-electron chi connectivity index (χ2n) is 6.57. The first kappa shape index (κ1) is 17.8. The van der Waals surface area contributed by atoms with E-state index in [0.717, 1.165) is 31.2 Å². The Kier molecular flexibility index (Phi) is 5.35. The molecule has 1 saturated heterocycles. The smallest absolute Gasteiger partial charge is 0.234 e. The predicted octanol–water partition coefficient (Wildman–Crippen LogP) is 1.72. The van der Waals surface area contributed by atoms with Crippen molar-refractivity contribution in [3.05, 3.63) is 16.0 Å². The van der Waals surface area contributed by atoms with E-state index >= 15 is 0 Å². The summed E-state index contributed by atoms with van der Waals surface area (Å²) in [5.41, 5.74) is 6.94. The van der Waals surface area contributed by atoms with Crippen LogP contribution in [0.4, 0.5) is 9.39 Å². The number of fused-ring (bicyclic) bond motifs is 1. The van der Waals surface area contributed by atoms with E-state index in [2.05, 4.69) is 11.4 Å². The zero-order chi connectivity index (χ0) is 18.0. The van der Waals surface area contributed by atoms with Gasteiger partial charge < -0.3 is 11.1 Å². The van der Waals surface area contributed by atoms with Crippen LogP contribution in [0.15, 0.2) is 0 Å². The molecule has 0 spiro atoms. The number of hydrogen-bond donors (Lipinski definition) is 2. The number of nitrogens with zero attached hydrogens (tertiary/aromatic N) is 2. The summed E-state index contributed by atoms with van der Waals surface area (Å²) in [4.78, 5) is 26.4. The molecule has 0 radical (unpaired) electrons. The van der Waals surface area contributed by atoms with Crippen LogP contribution in [0.25, 0.3) is 0 Å². The minimum atomic E-state index is -1.09. The summed E-state index contributed by atoms with van der Waals surface area (Å²) in [6.45, 7) is 0.393. The van der Waals surface area contributed by atoms with Crippen LogP contribution in [0, 0.1) is 11.3 Å². The van der Waals surface area contributed by atoms with Gasteiger partial charge in [-0.3, -0.25) is 14.5 Å². The predicted molar refractivity (Wildman–Crippen MR) is 93.0 cm³/mol. The number of anilines is 1. The Balaban J connectivity index is 1.61. The lowest BCUT2D eigenvalue weighted by Crippen LogP contribution is -2.41. The maximum absolute atomic E-state index is 13.5. The molecule has 2 aliphatic rings. The number of primary amides is 1. The van der Waals surface area contributed by atoms with Crippen LogP contribution in [0.5, 0.6) is 0 Å². The summed E-state index contributed by atoms with van der Waals surface area (Å²) < 4.78 is 13.5. The van der Waals surface area contributed by atoms with E-state index in [1.54, 1.807) is 4.90 Å². The highest BCUT2D eigenvalue weighted by molar-refractivity contribution is 7.16. The van der Waals surface area contributed by atoms with Crippen molar-refractivity contribution in [2.75, 3.05) is 18.4 Å². The van der Waals surface area contributed by atoms with Gasteiger partial charge in [0.2, 0.25) is 11.8 Å². The average Bonchev–Trinajstić information content (AvgIpc) is 3.12. The van der Waals surface area contributed by atoms with Crippen molar-refractivity contribution in [2.45, 2.75) is 50.7 Å². The minimum Gasteiger partial charge on any atom is -0.368 e. The first-order chi connectivity index (χ1) is 12.0. The molecule has 2 atom stereocenters. The summed E-state index contributed by atoms with van der Waals surface area (Å²) in [6, 6.07) is 1.56. The zero-order valence-corrected chi connectivity index (χ0v) is 14.7. The lowest BCUT2D eigenvalue weighted by molar-refractivity contribution is -0.123. The van der Waals surface area contributed by atoms with E-state index in [0.29, 0.717) is 10.6 Å². The Bertz CT molecular complexity index is 727. The number of thiophene rings is 1. The molecule has 1 aliphatic heterocycles.